The van der Waals surface area contributed by atoms with Crippen LogP contribution in [0.1, 0.15) is 6.92 Å². The second kappa shape index (κ2) is 7.78. The number of nitrogens with one attached hydrogen (secondary N) is 1. The van der Waals surface area contributed by atoms with E-state index in [1.165, 1.54) is 0 Å². The number of hydrogen-bond acceptors (Lipinski definition) is 7. The minimum Gasteiger partial charge on any atom is -0.377 e. The summed E-state index contributed by atoms with van der Waals surface area (Å²) in [6, 6.07) is 13.2. The zero-order valence-corrected chi connectivity index (χ0v) is 18.1. The van der Waals surface area contributed by atoms with Gasteiger partial charge in [-0.1, -0.05) is 18.2 Å². The molecule has 0 amide bonds. The van der Waals surface area contributed by atoms with Gasteiger partial charge in [-0.25, -0.2) is 9.19 Å². The Balaban J connectivity index is 1.73. The van der Waals surface area contributed by atoms with Crippen LogP contribution in [-0.2, 0) is 14.5 Å². The minimum absolute atomic E-state index is 0.162. The van der Waals surface area contributed by atoms with Crippen LogP contribution in [0.25, 0.3) is 16.9 Å². The highest BCUT2D eigenvalue weighted by Crippen LogP contribution is 2.33. The van der Waals surface area contributed by atoms with Crippen LogP contribution in [0.4, 0.5) is 11.5 Å². The molecule has 9 nitrogen and oxygen atoms in total. The number of aromatic nitrogens is 5. The Morgan fingerprint density at radius 3 is 2.84 bits per heavy atom. The number of benzene rings is 1. The molecule has 160 valence electrons. The highest BCUT2D eigenvalue weighted by Gasteiger charge is 2.23. The van der Waals surface area contributed by atoms with E-state index in [2.05, 4.69) is 27.1 Å². The second-order valence-electron chi connectivity index (χ2n) is 7.56. The molecule has 2 atom stereocenters. The summed E-state index contributed by atoms with van der Waals surface area (Å²) in [7, 11) is -2.66. The topological polar surface area (TPSA) is 101 Å². The lowest BCUT2D eigenvalue weighted by atomic mass is 10.2. The molecule has 1 aliphatic rings. The van der Waals surface area contributed by atoms with E-state index in [4.69, 9.17) is 14.1 Å². The maximum Gasteiger partial charge on any atom is 0.169 e. The molecule has 0 aliphatic carbocycles. The van der Waals surface area contributed by atoms with E-state index >= 15 is 0 Å². The van der Waals surface area contributed by atoms with E-state index in [9.17, 15) is 4.21 Å². The number of hydrogen-bond donors (Lipinski definition) is 1. The molecule has 1 aromatic carbocycles. The molecule has 31 heavy (non-hydrogen) atoms. The van der Waals surface area contributed by atoms with E-state index in [1.54, 1.807) is 23.3 Å². The van der Waals surface area contributed by atoms with Crippen LogP contribution in [0, 0.1) is 0 Å². The molecule has 3 aromatic heterocycles. The minimum atomic E-state index is -2.66. The molecular weight excluding hydrogens is 414 g/mol. The normalized spacial score (nSPS) is 18.8. The van der Waals surface area contributed by atoms with Crippen molar-refractivity contribution in [2.24, 2.45) is 4.36 Å². The van der Waals surface area contributed by atoms with Gasteiger partial charge >= 0.3 is 0 Å². The van der Waals surface area contributed by atoms with Crippen molar-refractivity contribution in [3.63, 3.8) is 0 Å². The van der Waals surface area contributed by atoms with E-state index < -0.39 is 9.73 Å². The van der Waals surface area contributed by atoms with Crippen molar-refractivity contribution >= 4 is 32.3 Å². The number of rotatable bonds is 4. The number of ether oxygens (including phenoxy) is 1. The van der Waals surface area contributed by atoms with Crippen molar-refractivity contribution in [2.75, 3.05) is 30.9 Å². The molecule has 10 heteroatoms. The van der Waals surface area contributed by atoms with Crippen LogP contribution in [0.3, 0.4) is 0 Å². The molecule has 0 saturated carbocycles. The van der Waals surface area contributed by atoms with Crippen LogP contribution >= 0.6 is 0 Å². The van der Waals surface area contributed by atoms with Gasteiger partial charge in [0, 0.05) is 29.8 Å². The first-order valence-electron chi connectivity index (χ1n) is 10.0. The van der Waals surface area contributed by atoms with Crippen molar-refractivity contribution in [1.29, 1.82) is 0 Å². The smallest absolute Gasteiger partial charge is 0.169 e. The van der Waals surface area contributed by atoms with Crippen LogP contribution in [0.5, 0.6) is 0 Å². The molecule has 1 aliphatic heterocycles. The predicted molar refractivity (Wildman–Crippen MR) is 120 cm³/mol. The average Bonchev–Trinajstić information content (AvgIpc) is 3.44. The summed E-state index contributed by atoms with van der Waals surface area (Å²) in [6.07, 6.45) is 5.02. The van der Waals surface area contributed by atoms with Crippen LogP contribution in [0.15, 0.2) is 64.1 Å². The van der Waals surface area contributed by atoms with Crippen LogP contribution in [-0.4, -0.2) is 61.2 Å². The molecule has 1 fully saturated rings. The number of fused-ring (bicyclic) bond motifs is 1. The van der Waals surface area contributed by atoms with E-state index in [-0.39, 0.29) is 6.04 Å². The fourth-order valence-electron chi connectivity index (χ4n) is 3.72. The van der Waals surface area contributed by atoms with E-state index in [1.807, 2.05) is 42.5 Å². The highest BCUT2D eigenvalue weighted by atomic mass is 32.2. The number of pyridine rings is 1. The lowest BCUT2D eigenvalue weighted by molar-refractivity contribution is 0.0985. The van der Waals surface area contributed by atoms with E-state index in [0.29, 0.717) is 35.3 Å². The van der Waals surface area contributed by atoms with Gasteiger partial charge in [0.25, 0.3) is 0 Å². The van der Waals surface area contributed by atoms with Gasteiger partial charge in [0.2, 0.25) is 0 Å². The van der Waals surface area contributed by atoms with Crippen molar-refractivity contribution < 1.29 is 8.95 Å². The monoisotopic (exact) mass is 437 g/mol. The standard InChI is InChI=1S/C21H23N7O2S/c1-15-14-30-11-10-27(15)20-12-18(26-31(2,29)16-6-4-3-5-7-16)17-13-23-28(21(17)24-20)19-8-9-22-25-19/h3-9,12-13,15H,10-11,14H2,1-2H3,(H,22,25)/t15-,31+/m1/s1. The first kappa shape index (κ1) is 19.7. The molecule has 4 aromatic rings. The molecule has 1 N–H and O–H groups in total. The molecule has 0 bridgehead atoms. The van der Waals surface area contributed by atoms with Gasteiger partial charge in [-0.05, 0) is 19.1 Å². The molecule has 0 unspecified atom stereocenters. The first-order chi connectivity index (χ1) is 15.0. The van der Waals surface area contributed by atoms with Gasteiger partial charge in [0.1, 0.15) is 5.82 Å². The lowest BCUT2D eigenvalue weighted by Gasteiger charge is -2.34. The Hall–Kier alpha value is -3.24. The quantitative estimate of drug-likeness (QED) is 0.526. The van der Waals surface area contributed by atoms with E-state index in [0.717, 1.165) is 17.7 Å². The maximum atomic E-state index is 13.5. The number of anilines is 1. The van der Waals surface area contributed by atoms with Crippen LogP contribution in [0.2, 0.25) is 0 Å². The maximum absolute atomic E-state index is 13.5. The molecule has 1 saturated heterocycles. The summed E-state index contributed by atoms with van der Waals surface area (Å²) in [5.74, 6) is 1.45. The Labute approximate surface area is 180 Å². The van der Waals surface area contributed by atoms with Crippen molar-refractivity contribution in [1.82, 2.24) is 25.0 Å². The summed E-state index contributed by atoms with van der Waals surface area (Å²) in [5.41, 5.74) is 1.23. The van der Waals surface area contributed by atoms with Crippen molar-refractivity contribution in [3.05, 3.63) is 54.9 Å². The Bertz CT molecular complexity index is 1320. The summed E-state index contributed by atoms with van der Waals surface area (Å²) in [5, 5.41) is 12.2. The molecule has 0 spiro atoms. The Morgan fingerprint density at radius 2 is 2.10 bits per heavy atom. The van der Waals surface area contributed by atoms with Crippen molar-refractivity contribution in [2.45, 2.75) is 17.9 Å². The third-order valence-electron chi connectivity index (χ3n) is 5.34. The summed E-state index contributed by atoms with van der Waals surface area (Å²) in [6.45, 7) is 4.07. The van der Waals surface area contributed by atoms with Gasteiger partial charge < -0.3 is 9.64 Å². The predicted octanol–water partition coefficient (Wildman–Crippen LogP) is 3.16. The zero-order valence-electron chi connectivity index (χ0n) is 17.3. The number of aromatic amines is 1. The summed E-state index contributed by atoms with van der Waals surface area (Å²) in [4.78, 5) is 7.77. The van der Waals surface area contributed by atoms with Gasteiger partial charge in [0.15, 0.2) is 11.5 Å². The fraction of sp³-hybridized carbons (Fsp3) is 0.286. The van der Waals surface area contributed by atoms with Crippen LogP contribution < -0.4 is 4.90 Å². The third-order valence-corrected chi connectivity index (χ3v) is 7.03. The molecule has 0 radical (unpaired) electrons. The summed E-state index contributed by atoms with van der Waals surface area (Å²) >= 11 is 0. The van der Waals surface area contributed by atoms with Gasteiger partial charge in [0.05, 0.1) is 52.5 Å². The van der Waals surface area contributed by atoms with Gasteiger partial charge in [-0.15, -0.1) is 0 Å². The largest absolute Gasteiger partial charge is 0.377 e. The van der Waals surface area contributed by atoms with Gasteiger partial charge in [-0.3, -0.25) is 5.10 Å². The highest BCUT2D eigenvalue weighted by molar-refractivity contribution is 7.93. The Morgan fingerprint density at radius 1 is 1.26 bits per heavy atom. The number of nitrogens with zero attached hydrogens (tertiary/aromatic N) is 6. The second-order valence-corrected chi connectivity index (χ2v) is 9.82. The average molecular weight is 438 g/mol. The fourth-order valence-corrected chi connectivity index (χ4v) is 5.01. The SMILES string of the molecule is C[C@@H]1COCCN1c1cc(N=[S@@](C)(=O)c2ccccc2)c2cnn(-c3ccn[nH]3)c2n1. The van der Waals surface area contributed by atoms with Gasteiger partial charge in [-0.2, -0.15) is 19.2 Å². The number of morpholine rings is 1. The number of H-pyrrole nitrogens is 1. The lowest BCUT2D eigenvalue weighted by Crippen LogP contribution is -2.44. The Kier molecular flexibility index (Phi) is 4.95. The zero-order chi connectivity index (χ0) is 21.4. The summed E-state index contributed by atoms with van der Waals surface area (Å²) < 4.78 is 25.5. The first-order valence-corrected chi connectivity index (χ1v) is 12.0. The molecular formula is C21H23N7O2S. The third kappa shape index (κ3) is 3.68. The van der Waals surface area contributed by atoms with Crippen molar-refractivity contribution in [3.8, 4) is 5.82 Å². The molecule has 4 heterocycles. The molecule has 5 rings (SSSR count).